The van der Waals surface area contributed by atoms with E-state index in [0.717, 1.165) is 30.0 Å². The number of carbonyl (C=O) groups is 1. The molecule has 0 unspecified atom stereocenters. The highest BCUT2D eigenvalue weighted by atomic mass is 35.5. The number of hydrogen-bond donors (Lipinski definition) is 2. The Bertz CT molecular complexity index is 843. The number of nitrogens with one attached hydrogen (secondary N) is 2. The van der Waals surface area contributed by atoms with Crippen LogP contribution in [-0.4, -0.2) is 47.8 Å². The highest BCUT2D eigenvalue weighted by molar-refractivity contribution is 6.30. The van der Waals surface area contributed by atoms with Crippen LogP contribution in [0.3, 0.4) is 0 Å². The molecular weight excluding hydrogens is 378 g/mol. The third kappa shape index (κ3) is 5.11. The Kier molecular flexibility index (Phi) is 6.05. The van der Waals surface area contributed by atoms with Crippen molar-refractivity contribution in [3.8, 4) is 11.4 Å². The minimum atomic E-state index is -0.299. The van der Waals surface area contributed by atoms with Gasteiger partial charge in [0, 0.05) is 35.4 Å². The van der Waals surface area contributed by atoms with E-state index >= 15 is 0 Å². The Balaban J connectivity index is 1.80. The number of morpholine rings is 1. The van der Waals surface area contributed by atoms with Crippen LogP contribution in [0.1, 0.15) is 26.3 Å². The minimum Gasteiger partial charge on any atom is -0.378 e. The molecule has 28 heavy (non-hydrogen) atoms. The predicted molar refractivity (Wildman–Crippen MR) is 112 cm³/mol. The maximum absolute atomic E-state index is 12.0. The molecule has 2 aromatic rings. The van der Waals surface area contributed by atoms with Crippen molar-refractivity contribution < 1.29 is 9.53 Å². The van der Waals surface area contributed by atoms with Crippen molar-refractivity contribution in [2.45, 2.75) is 33.2 Å². The number of urea groups is 1. The summed E-state index contributed by atoms with van der Waals surface area (Å²) in [5.41, 5.74) is 2.09. The van der Waals surface area contributed by atoms with Gasteiger partial charge in [0.25, 0.3) is 0 Å². The number of rotatable bonds is 3. The fourth-order valence-electron chi connectivity index (χ4n) is 2.90. The lowest BCUT2D eigenvalue weighted by Crippen LogP contribution is -2.43. The normalized spacial score (nSPS) is 14.7. The Hall–Kier alpha value is -2.38. The maximum atomic E-state index is 12.0. The molecule has 1 fully saturated rings. The van der Waals surface area contributed by atoms with E-state index in [2.05, 4.69) is 20.5 Å². The first-order chi connectivity index (χ1) is 13.2. The van der Waals surface area contributed by atoms with Gasteiger partial charge in [0.2, 0.25) is 0 Å². The van der Waals surface area contributed by atoms with Gasteiger partial charge in [-0.05, 0) is 52.0 Å². The number of benzene rings is 1. The summed E-state index contributed by atoms with van der Waals surface area (Å²) >= 11 is 6.38. The van der Waals surface area contributed by atoms with Crippen LogP contribution in [-0.2, 0) is 4.74 Å². The molecule has 8 heteroatoms. The molecule has 7 nitrogen and oxygen atoms in total. The number of carbonyl (C=O) groups excluding carboxylic acids is 1. The molecule has 2 amide bonds. The molecule has 3 rings (SSSR count). The van der Waals surface area contributed by atoms with Crippen molar-refractivity contribution in [2.24, 2.45) is 0 Å². The summed E-state index contributed by atoms with van der Waals surface area (Å²) in [5.74, 6) is 1.40. The molecule has 2 N–H and O–H groups in total. The third-order valence-electron chi connectivity index (χ3n) is 4.26. The van der Waals surface area contributed by atoms with Crippen molar-refractivity contribution in [3.63, 3.8) is 0 Å². The molecule has 0 spiro atoms. The highest BCUT2D eigenvalue weighted by Gasteiger charge is 2.19. The Morgan fingerprint density at radius 2 is 1.79 bits per heavy atom. The van der Waals surface area contributed by atoms with Crippen molar-refractivity contribution in [2.75, 3.05) is 36.5 Å². The van der Waals surface area contributed by atoms with Crippen LogP contribution in [0, 0.1) is 6.92 Å². The van der Waals surface area contributed by atoms with E-state index in [1.807, 2.05) is 52.0 Å². The van der Waals surface area contributed by atoms with E-state index in [0.29, 0.717) is 29.9 Å². The molecule has 0 saturated carbocycles. The lowest BCUT2D eigenvalue weighted by atomic mass is 10.1. The number of amides is 2. The van der Waals surface area contributed by atoms with Crippen LogP contribution in [0.15, 0.2) is 24.3 Å². The van der Waals surface area contributed by atoms with Gasteiger partial charge in [-0.3, -0.25) is 0 Å². The van der Waals surface area contributed by atoms with Gasteiger partial charge in [0.05, 0.1) is 13.2 Å². The summed E-state index contributed by atoms with van der Waals surface area (Å²) in [6, 6.07) is 7.14. The van der Waals surface area contributed by atoms with E-state index in [-0.39, 0.29) is 11.6 Å². The van der Waals surface area contributed by atoms with Gasteiger partial charge in [-0.1, -0.05) is 11.6 Å². The Morgan fingerprint density at radius 1 is 1.14 bits per heavy atom. The maximum Gasteiger partial charge on any atom is 0.319 e. The van der Waals surface area contributed by atoms with Crippen LogP contribution in [0.2, 0.25) is 5.15 Å². The molecule has 1 aliphatic rings. The van der Waals surface area contributed by atoms with E-state index in [4.69, 9.17) is 21.3 Å². The fraction of sp³-hybridized carbons (Fsp3) is 0.450. The number of anilines is 2. The summed E-state index contributed by atoms with van der Waals surface area (Å²) in [6.45, 7) is 10.6. The number of nitrogens with zero attached hydrogens (tertiary/aromatic N) is 3. The molecule has 1 saturated heterocycles. The molecule has 150 valence electrons. The lowest BCUT2D eigenvalue weighted by molar-refractivity contribution is 0.122. The van der Waals surface area contributed by atoms with Crippen molar-refractivity contribution in [1.82, 2.24) is 15.3 Å². The first kappa shape index (κ1) is 20.4. The topological polar surface area (TPSA) is 79.4 Å². The van der Waals surface area contributed by atoms with Gasteiger partial charge < -0.3 is 20.3 Å². The first-order valence-electron chi connectivity index (χ1n) is 9.29. The SMILES string of the molecule is Cc1c(Cl)nc(-c2ccc(NC(=O)NC(C)(C)C)cc2)nc1N1CCOCC1. The average molecular weight is 404 g/mol. The van der Waals surface area contributed by atoms with Crippen LogP contribution in [0.5, 0.6) is 0 Å². The Morgan fingerprint density at radius 3 is 2.39 bits per heavy atom. The van der Waals surface area contributed by atoms with Crippen LogP contribution >= 0.6 is 11.6 Å². The largest absolute Gasteiger partial charge is 0.378 e. The van der Waals surface area contributed by atoms with E-state index in [1.54, 1.807) is 0 Å². The summed E-state index contributed by atoms with van der Waals surface area (Å²) in [7, 11) is 0. The summed E-state index contributed by atoms with van der Waals surface area (Å²) in [6.07, 6.45) is 0. The molecule has 0 bridgehead atoms. The zero-order valence-corrected chi connectivity index (χ0v) is 17.4. The molecule has 0 atom stereocenters. The van der Waals surface area contributed by atoms with Gasteiger partial charge in [0.1, 0.15) is 11.0 Å². The van der Waals surface area contributed by atoms with Crippen molar-refractivity contribution in [3.05, 3.63) is 35.0 Å². The molecule has 2 heterocycles. The standard InChI is InChI=1S/C20H26ClN5O2/c1-13-16(21)23-17(24-18(13)26-9-11-28-12-10-26)14-5-7-15(8-6-14)22-19(27)25-20(2,3)4/h5-8H,9-12H2,1-4H3,(H2,22,25,27). The second-order valence-electron chi connectivity index (χ2n) is 7.79. The molecule has 0 aliphatic carbocycles. The zero-order chi connectivity index (χ0) is 20.3. The van der Waals surface area contributed by atoms with Crippen molar-refractivity contribution in [1.29, 1.82) is 0 Å². The average Bonchev–Trinajstić information content (AvgIpc) is 2.63. The smallest absolute Gasteiger partial charge is 0.319 e. The van der Waals surface area contributed by atoms with Gasteiger partial charge >= 0.3 is 6.03 Å². The highest BCUT2D eigenvalue weighted by Crippen LogP contribution is 2.28. The summed E-state index contributed by atoms with van der Waals surface area (Å²) < 4.78 is 5.42. The fourth-order valence-corrected chi connectivity index (χ4v) is 3.06. The first-order valence-corrected chi connectivity index (χ1v) is 9.67. The second kappa shape index (κ2) is 8.32. The molecule has 1 aromatic heterocycles. The Labute approximate surface area is 170 Å². The molecule has 1 aromatic carbocycles. The van der Waals surface area contributed by atoms with Crippen molar-refractivity contribution >= 4 is 29.1 Å². The predicted octanol–water partition coefficient (Wildman–Crippen LogP) is 3.86. The van der Waals surface area contributed by atoms with E-state index in [1.165, 1.54) is 0 Å². The minimum absolute atomic E-state index is 0.246. The summed E-state index contributed by atoms with van der Waals surface area (Å²) in [5, 5.41) is 6.13. The lowest BCUT2D eigenvalue weighted by Gasteiger charge is -2.29. The van der Waals surface area contributed by atoms with Crippen LogP contribution in [0.4, 0.5) is 16.3 Å². The number of halogens is 1. The zero-order valence-electron chi connectivity index (χ0n) is 16.7. The number of ether oxygens (including phenoxy) is 1. The molecule has 0 radical (unpaired) electrons. The molecular formula is C20H26ClN5O2. The quantitative estimate of drug-likeness (QED) is 0.760. The van der Waals surface area contributed by atoms with Gasteiger partial charge in [-0.2, -0.15) is 0 Å². The number of aromatic nitrogens is 2. The molecule has 1 aliphatic heterocycles. The van der Waals surface area contributed by atoms with Crippen LogP contribution in [0.25, 0.3) is 11.4 Å². The second-order valence-corrected chi connectivity index (χ2v) is 8.15. The monoisotopic (exact) mass is 403 g/mol. The van der Waals surface area contributed by atoms with Crippen LogP contribution < -0.4 is 15.5 Å². The van der Waals surface area contributed by atoms with E-state index < -0.39 is 0 Å². The van der Waals surface area contributed by atoms with E-state index in [9.17, 15) is 4.79 Å². The van der Waals surface area contributed by atoms with Gasteiger partial charge in [-0.25, -0.2) is 14.8 Å². The summed E-state index contributed by atoms with van der Waals surface area (Å²) in [4.78, 5) is 23.3. The van der Waals surface area contributed by atoms with Gasteiger partial charge in [-0.15, -0.1) is 0 Å². The third-order valence-corrected chi connectivity index (χ3v) is 4.63. The number of hydrogen-bond acceptors (Lipinski definition) is 5. The van der Waals surface area contributed by atoms with Gasteiger partial charge in [0.15, 0.2) is 5.82 Å².